The Morgan fingerprint density at radius 2 is 1.78 bits per heavy atom. The summed E-state index contributed by atoms with van der Waals surface area (Å²) in [4.78, 5) is 27.9. The molecule has 3 rings (SSSR count). The molecule has 1 amide bonds. The fourth-order valence-electron chi connectivity index (χ4n) is 3.63. The summed E-state index contributed by atoms with van der Waals surface area (Å²) < 4.78 is 53.2. The van der Waals surface area contributed by atoms with E-state index in [1.165, 1.54) is 33.2 Å². The first-order chi connectivity index (χ1) is 15.0. The van der Waals surface area contributed by atoms with E-state index >= 15 is 0 Å². The number of aliphatic imine (C=N–C) groups is 1. The van der Waals surface area contributed by atoms with Gasteiger partial charge in [0, 0.05) is 19.7 Å². The zero-order chi connectivity index (χ0) is 23.8. The van der Waals surface area contributed by atoms with Crippen LogP contribution < -0.4 is 20.1 Å². The van der Waals surface area contributed by atoms with E-state index < -0.39 is 34.8 Å². The van der Waals surface area contributed by atoms with Gasteiger partial charge in [0.2, 0.25) is 17.7 Å². The van der Waals surface area contributed by atoms with Gasteiger partial charge in [0.15, 0.2) is 5.96 Å². The molecule has 12 heteroatoms. The number of nitrogens with two attached hydrogens (primary N) is 1. The molecule has 2 N–H and O–H groups in total. The first-order valence-electron chi connectivity index (χ1n) is 9.50. The van der Waals surface area contributed by atoms with Crippen molar-refractivity contribution in [1.82, 2.24) is 14.9 Å². The molecule has 0 saturated heterocycles. The van der Waals surface area contributed by atoms with Crippen LogP contribution in [0.15, 0.2) is 23.2 Å². The van der Waals surface area contributed by atoms with E-state index in [0.717, 1.165) is 23.1 Å². The Hall–Kier alpha value is -3.57. The highest BCUT2D eigenvalue weighted by Crippen LogP contribution is 2.41. The quantitative estimate of drug-likeness (QED) is 0.711. The van der Waals surface area contributed by atoms with Crippen LogP contribution in [0.1, 0.15) is 12.5 Å². The molecule has 2 heterocycles. The summed E-state index contributed by atoms with van der Waals surface area (Å²) in [6.07, 6.45) is 0. The van der Waals surface area contributed by atoms with Crippen molar-refractivity contribution in [2.45, 2.75) is 12.5 Å². The Bertz CT molecular complexity index is 1060. The molecule has 1 aromatic carbocycles. The lowest BCUT2D eigenvalue weighted by atomic mass is 9.76. The molecule has 0 aliphatic carbocycles. The van der Waals surface area contributed by atoms with Gasteiger partial charge in [-0.25, -0.2) is 13.8 Å². The van der Waals surface area contributed by atoms with Gasteiger partial charge in [-0.05, 0) is 18.2 Å². The van der Waals surface area contributed by atoms with E-state index in [1.54, 1.807) is 6.92 Å². The van der Waals surface area contributed by atoms with Gasteiger partial charge in [0.05, 0.1) is 26.7 Å². The third kappa shape index (κ3) is 3.76. The molecule has 172 valence electrons. The van der Waals surface area contributed by atoms with Crippen molar-refractivity contribution in [2.24, 2.45) is 16.6 Å². The van der Waals surface area contributed by atoms with Crippen molar-refractivity contribution < 1.29 is 27.4 Å². The number of halogens is 3. The van der Waals surface area contributed by atoms with Gasteiger partial charge in [0.25, 0.3) is 11.8 Å². The first kappa shape index (κ1) is 23.1. The highest BCUT2D eigenvalue weighted by Gasteiger charge is 2.49. The predicted octanol–water partition coefficient (Wildman–Crippen LogP) is 1.67. The van der Waals surface area contributed by atoms with Crippen LogP contribution in [0.5, 0.6) is 11.8 Å². The number of carbonyl (C=O) groups excluding carboxylic acids is 1. The second kappa shape index (κ2) is 8.52. The Balaban J connectivity index is 2.18. The van der Waals surface area contributed by atoms with Gasteiger partial charge in [0.1, 0.15) is 17.2 Å². The number of carbonyl (C=O) groups is 1. The summed E-state index contributed by atoms with van der Waals surface area (Å²) in [5.74, 6) is -4.73. The second-order valence-electron chi connectivity index (χ2n) is 7.35. The molecule has 1 aliphatic heterocycles. The fourth-order valence-corrected chi connectivity index (χ4v) is 3.63. The zero-order valence-corrected chi connectivity index (χ0v) is 18.2. The number of anilines is 1. The molecule has 0 radical (unpaired) electrons. The van der Waals surface area contributed by atoms with E-state index in [4.69, 9.17) is 15.2 Å². The van der Waals surface area contributed by atoms with Crippen LogP contribution in [0, 0.1) is 23.4 Å². The van der Waals surface area contributed by atoms with Gasteiger partial charge in [-0.1, -0.05) is 6.92 Å². The minimum atomic E-state index is -1.63. The summed E-state index contributed by atoms with van der Waals surface area (Å²) in [6.45, 7) is 1.34. The number of guanidine groups is 1. The molecule has 32 heavy (non-hydrogen) atoms. The van der Waals surface area contributed by atoms with Gasteiger partial charge in [-0.3, -0.25) is 9.69 Å². The highest BCUT2D eigenvalue weighted by atomic mass is 19.1. The number of hydrogen-bond donors (Lipinski definition) is 1. The molecule has 0 unspecified atom stereocenters. The molecule has 1 aliphatic rings. The smallest absolute Gasteiger partial charge is 0.259 e. The van der Waals surface area contributed by atoms with Crippen LogP contribution in [0.4, 0.5) is 19.1 Å². The van der Waals surface area contributed by atoms with Gasteiger partial charge in [-0.15, -0.1) is 0 Å². The molecule has 0 fully saturated rings. The molecule has 0 saturated carbocycles. The van der Waals surface area contributed by atoms with Crippen molar-refractivity contribution >= 4 is 17.8 Å². The van der Waals surface area contributed by atoms with Crippen LogP contribution in [-0.2, 0) is 10.3 Å². The molecule has 9 nitrogen and oxygen atoms in total. The topological polar surface area (TPSA) is 106 Å². The lowest BCUT2D eigenvalue weighted by Gasteiger charge is -2.43. The number of aromatic nitrogens is 2. The Labute approximate surface area is 182 Å². The third-order valence-electron chi connectivity index (χ3n) is 5.45. The summed E-state index contributed by atoms with van der Waals surface area (Å²) >= 11 is 0. The maximum atomic E-state index is 14.9. The van der Waals surface area contributed by atoms with E-state index in [-0.39, 0.29) is 35.8 Å². The molecular weight excluding hydrogens is 429 g/mol. The van der Waals surface area contributed by atoms with Crippen molar-refractivity contribution in [3.63, 3.8) is 0 Å². The van der Waals surface area contributed by atoms with Gasteiger partial charge < -0.3 is 20.1 Å². The van der Waals surface area contributed by atoms with Crippen LogP contribution in [-0.4, -0.2) is 61.6 Å². The van der Waals surface area contributed by atoms with Gasteiger partial charge in [-0.2, -0.15) is 14.4 Å². The maximum absolute atomic E-state index is 14.9. The van der Waals surface area contributed by atoms with Crippen molar-refractivity contribution in [2.75, 3.05) is 39.8 Å². The standard InChI is InChI=1S/C20H23F3N6O3/c1-10-17(30)29(3)18(24)27-20(10,12-8-11(21)6-7-13(12)22)9-28(2)19-25-15(31-4)14(23)16(26-19)32-5/h6-8,10H,9H2,1-5H3,(H2,24,27)/t10-,20-/m0/s1. The minimum Gasteiger partial charge on any atom is -0.479 e. The van der Waals surface area contributed by atoms with E-state index in [1.807, 2.05) is 0 Å². The number of amides is 1. The highest BCUT2D eigenvalue weighted by molar-refractivity contribution is 6.00. The summed E-state index contributed by atoms with van der Waals surface area (Å²) in [5.41, 5.74) is 4.16. The maximum Gasteiger partial charge on any atom is 0.259 e. The number of rotatable bonds is 6. The monoisotopic (exact) mass is 452 g/mol. The van der Waals surface area contributed by atoms with E-state index in [2.05, 4.69) is 15.0 Å². The Morgan fingerprint density at radius 1 is 1.19 bits per heavy atom. The van der Waals surface area contributed by atoms with Crippen LogP contribution in [0.3, 0.4) is 0 Å². The van der Waals surface area contributed by atoms with Crippen molar-refractivity contribution in [1.29, 1.82) is 0 Å². The molecular formula is C20H23F3N6O3. The molecule has 1 aromatic heterocycles. The number of ether oxygens (including phenoxy) is 2. The van der Waals surface area contributed by atoms with Crippen molar-refractivity contribution in [3.05, 3.63) is 41.2 Å². The SMILES string of the molecule is COc1nc(N(C)C[C@]2(c3cc(F)ccc3F)N=C(N)N(C)C(=O)[C@@H]2C)nc(OC)c1F. The summed E-state index contributed by atoms with van der Waals surface area (Å²) in [5, 5.41) is 0. The third-order valence-corrected chi connectivity index (χ3v) is 5.45. The lowest BCUT2D eigenvalue weighted by molar-refractivity contribution is -0.133. The minimum absolute atomic E-state index is 0.0522. The molecule has 0 bridgehead atoms. The molecule has 0 spiro atoms. The average molecular weight is 452 g/mol. The number of nitrogens with zero attached hydrogens (tertiary/aromatic N) is 5. The van der Waals surface area contributed by atoms with E-state index in [0.29, 0.717) is 0 Å². The van der Waals surface area contributed by atoms with E-state index in [9.17, 15) is 18.0 Å². The molecule has 2 aromatic rings. The number of hydrogen-bond acceptors (Lipinski definition) is 8. The van der Waals surface area contributed by atoms with Gasteiger partial charge >= 0.3 is 0 Å². The fraction of sp³-hybridized carbons (Fsp3) is 0.400. The molecule has 2 atom stereocenters. The zero-order valence-electron chi connectivity index (χ0n) is 18.2. The van der Waals surface area contributed by atoms with Crippen LogP contribution >= 0.6 is 0 Å². The predicted molar refractivity (Wildman–Crippen MR) is 110 cm³/mol. The average Bonchev–Trinajstić information content (AvgIpc) is 2.77. The van der Waals surface area contributed by atoms with Crippen LogP contribution in [0.25, 0.3) is 0 Å². The first-order valence-corrected chi connectivity index (χ1v) is 9.50. The Kier molecular flexibility index (Phi) is 6.15. The van der Waals surface area contributed by atoms with Crippen molar-refractivity contribution in [3.8, 4) is 11.8 Å². The summed E-state index contributed by atoms with van der Waals surface area (Å²) in [7, 11) is 5.40. The lowest BCUT2D eigenvalue weighted by Crippen LogP contribution is -2.57. The second-order valence-corrected chi connectivity index (χ2v) is 7.35. The number of benzene rings is 1. The summed E-state index contributed by atoms with van der Waals surface area (Å²) in [6, 6.07) is 2.89. The van der Waals surface area contributed by atoms with Crippen LogP contribution in [0.2, 0.25) is 0 Å². The Morgan fingerprint density at radius 3 is 2.34 bits per heavy atom. The normalized spacial score (nSPS) is 20.8. The number of methoxy groups -OCH3 is 2. The largest absolute Gasteiger partial charge is 0.479 e. The number of likely N-dealkylation sites (N-methyl/N-ethyl adjacent to an activating group) is 1.